The Hall–Kier alpha value is -1.59. The summed E-state index contributed by atoms with van der Waals surface area (Å²) in [5, 5.41) is 3.21. The van der Waals surface area contributed by atoms with E-state index in [1.807, 2.05) is 6.20 Å². The van der Waals surface area contributed by atoms with Crippen LogP contribution in [-0.2, 0) is 13.0 Å². The first-order valence-corrected chi connectivity index (χ1v) is 8.88. The molecule has 1 aromatic carbocycles. The van der Waals surface area contributed by atoms with Gasteiger partial charge >= 0.3 is 0 Å². The number of piperazine rings is 1. The molecule has 22 heavy (non-hydrogen) atoms. The average molecular weight is 315 g/mol. The summed E-state index contributed by atoms with van der Waals surface area (Å²) in [5.74, 6) is 1.09. The van der Waals surface area contributed by atoms with E-state index in [1.165, 1.54) is 11.1 Å². The highest BCUT2D eigenvalue weighted by Crippen LogP contribution is 2.26. The maximum Gasteiger partial charge on any atom is 0.185 e. The van der Waals surface area contributed by atoms with Gasteiger partial charge in [0, 0.05) is 44.3 Å². The number of fused-ring (bicyclic) bond motifs is 1. The Bertz CT molecular complexity index is 621. The van der Waals surface area contributed by atoms with Crippen molar-refractivity contribution in [1.82, 2.24) is 9.88 Å². The highest BCUT2D eigenvalue weighted by molar-refractivity contribution is 7.13. The van der Waals surface area contributed by atoms with Gasteiger partial charge in [-0.2, -0.15) is 0 Å². The summed E-state index contributed by atoms with van der Waals surface area (Å²) in [6.45, 7) is 6.26. The van der Waals surface area contributed by atoms with E-state index < -0.39 is 0 Å². The number of ether oxygens (including phenoxy) is 1. The van der Waals surface area contributed by atoms with Crippen molar-refractivity contribution in [2.24, 2.45) is 0 Å². The van der Waals surface area contributed by atoms with Crippen LogP contribution < -0.4 is 9.64 Å². The van der Waals surface area contributed by atoms with Gasteiger partial charge in [-0.1, -0.05) is 12.1 Å². The number of rotatable bonds is 3. The molecule has 4 rings (SSSR count). The fourth-order valence-electron chi connectivity index (χ4n) is 3.24. The standard InChI is InChI=1S/C17H21N3OS/c1-2-15-12-14(3-4-16(15)21-10-1)13-19-6-8-20(9-7-19)17-18-5-11-22-17/h3-5,11-12H,1-2,6-10,13H2. The van der Waals surface area contributed by atoms with Gasteiger partial charge in [0.15, 0.2) is 5.13 Å². The third-order valence-electron chi connectivity index (χ3n) is 4.44. The molecule has 0 aliphatic carbocycles. The number of thiazole rings is 1. The van der Waals surface area contributed by atoms with E-state index >= 15 is 0 Å². The van der Waals surface area contributed by atoms with Crippen molar-refractivity contribution in [2.75, 3.05) is 37.7 Å². The lowest BCUT2D eigenvalue weighted by atomic mass is 10.0. The summed E-state index contributed by atoms with van der Waals surface area (Å²) in [7, 11) is 0. The van der Waals surface area contributed by atoms with Crippen molar-refractivity contribution in [1.29, 1.82) is 0 Å². The molecule has 0 bridgehead atoms. The van der Waals surface area contributed by atoms with Crippen LogP contribution in [0.5, 0.6) is 5.75 Å². The fourth-order valence-corrected chi connectivity index (χ4v) is 3.94. The van der Waals surface area contributed by atoms with Crippen LogP contribution >= 0.6 is 11.3 Å². The number of hydrogen-bond acceptors (Lipinski definition) is 5. The molecule has 0 unspecified atom stereocenters. The van der Waals surface area contributed by atoms with Crippen LogP contribution in [0.1, 0.15) is 17.5 Å². The van der Waals surface area contributed by atoms with Crippen LogP contribution in [0.2, 0.25) is 0 Å². The van der Waals surface area contributed by atoms with Crippen molar-refractivity contribution in [2.45, 2.75) is 19.4 Å². The summed E-state index contributed by atoms with van der Waals surface area (Å²) < 4.78 is 5.70. The van der Waals surface area contributed by atoms with Gasteiger partial charge in [0.25, 0.3) is 0 Å². The molecule has 2 aliphatic heterocycles. The van der Waals surface area contributed by atoms with Crippen molar-refractivity contribution in [3.63, 3.8) is 0 Å². The van der Waals surface area contributed by atoms with Crippen molar-refractivity contribution < 1.29 is 4.74 Å². The molecule has 4 nitrogen and oxygen atoms in total. The molecule has 2 aliphatic rings. The number of aryl methyl sites for hydroxylation is 1. The number of hydrogen-bond donors (Lipinski definition) is 0. The van der Waals surface area contributed by atoms with Crippen LogP contribution in [0.4, 0.5) is 5.13 Å². The number of nitrogens with zero attached hydrogens (tertiary/aromatic N) is 3. The zero-order valence-electron chi connectivity index (χ0n) is 12.7. The van der Waals surface area contributed by atoms with Gasteiger partial charge in [-0.15, -0.1) is 11.3 Å². The smallest absolute Gasteiger partial charge is 0.185 e. The van der Waals surface area contributed by atoms with Gasteiger partial charge in [0.1, 0.15) is 5.75 Å². The highest BCUT2D eigenvalue weighted by atomic mass is 32.1. The lowest BCUT2D eigenvalue weighted by Crippen LogP contribution is -2.45. The zero-order chi connectivity index (χ0) is 14.8. The van der Waals surface area contributed by atoms with Gasteiger partial charge in [0.05, 0.1) is 6.61 Å². The van der Waals surface area contributed by atoms with Crippen molar-refractivity contribution in [3.05, 3.63) is 40.9 Å². The first kappa shape index (κ1) is 14.0. The average Bonchev–Trinajstić information content (AvgIpc) is 3.10. The van der Waals surface area contributed by atoms with Crippen LogP contribution in [0.25, 0.3) is 0 Å². The van der Waals surface area contributed by atoms with Gasteiger partial charge in [0.2, 0.25) is 0 Å². The lowest BCUT2D eigenvalue weighted by molar-refractivity contribution is 0.249. The Balaban J connectivity index is 1.36. The summed E-state index contributed by atoms with van der Waals surface area (Å²) in [5.41, 5.74) is 2.79. The second-order valence-electron chi connectivity index (χ2n) is 5.97. The predicted molar refractivity (Wildman–Crippen MR) is 89.9 cm³/mol. The van der Waals surface area contributed by atoms with E-state index in [9.17, 15) is 0 Å². The fraction of sp³-hybridized carbons (Fsp3) is 0.471. The first-order chi connectivity index (χ1) is 10.9. The largest absolute Gasteiger partial charge is 0.493 e. The number of aromatic nitrogens is 1. The summed E-state index contributed by atoms with van der Waals surface area (Å²) in [4.78, 5) is 9.34. The Morgan fingerprint density at radius 2 is 2.09 bits per heavy atom. The topological polar surface area (TPSA) is 28.6 Å². The van der Waals surface area contributed by atoms with E-state index in [0.29, 0.717) is 0 Å². The monoisotopic (exact) mass is 315 g/mol. The lowest BCUT2D eigenvalue weighted by Gasteiger charge is -2.34. The Labute approximate surface area is 135 Å². The molecule has 0 atom stereocenters. The maximum atomic E-state index is 5.70. The first-order valence-electron chi connectivity index (χ1n) is 8.00. The molecule has 2 aromatic rings. The molecule has 0 N–H and O–H groups in total. The second kappa shape index (κ2) is 6.26. The molecule has 116 valence electrons. The Kier molecular flexibility index (Phi) is 3.99. The summed E-state index contributed by atoms with van der Waals surface area (Å²) in [6.07, 6.45) is 4.19. The minimum Gasteiger partial charge on any atom is -0.493 e. The molecule has 1 fully saturated rings. The molecular formula is C17H21N3OS. The van der Waals surface area contributed by atoms with E-state index in [1.54, 1.807) is 11.3 Å². The van der Waals surface area contributed by atoms with E-state index in [-0.39, 0.29) is 0 Å². The molecule has 1 aromatic heterocycles. The van der Waals surface area contributed by atoms with E-state index in [0.717, 1.165) is 63.1 Å². The molecule has 3 heterocycles. The molecule has 1 saturated heterocycles. The number of anilines is 1. The van der Waals surface area contributed by atoms with E-state index in [4.69, 9.17) is 4.74 Å². The molecular weight excluding hydrogens is 294 g/mol. The summed E-state index contributed by atoms with van der Waals surface area (Å²) in [6, 6.07) is 6.70. The molecule has 0 spiro atoms. The van der Waals surface area contributed by atoms with Gasteiger partial charge in [-0.3, -0.25) is 4.90 Å². The molecule has 0 amide bonds. The van der Waals surface area contributed by atoms with E-state index in [2.05, 4.69) is 38.4 Å². The maximum absolute atomic E-state index is 5.70. The van der Waals surface area contributed by atoms with Crippen molar-refractivity contribution in [3.8, 4) is 5.75 Å². The van der Waals surface area contributed by atoms with Crippen LogP contribution in [0, 0.1) is 0 Å². The van der Waals surface area contributed by atoms with Gasteiger partial charge in [-0.05, 0) is 30.0 Å². The SMILES string of the molecule is c1csc(N2CCN(Cc3ccc4c(c3)CCCO4)CC2)n1. The Morgan fingerprint density at radius 3 is 2.91 bits per heavy atom. The van der Waals surface area contributed by atoms with Crippen LogP contribution in [0.3, 0.4) is 0 Å². The minimum atomic E-state index is 0.866. The van der Waals surface area contributed by atoms with Crippen LogP contribution in [-0.4, -0.2) is 42.7 Å². The third kappa shape index (κ3) is 2.96. The quantitative estimate of drug-likeness (QED) is 0.871. The predicted octanol–water partition coefficient (Wildman–Crippen LogP) is 2.79. The second-order valence-corrected chi connectivity index (χ2v) is 6.84. The molecule has 5 heteroatoms. The van der Waals surface area contributed by atoms with Crippen LogP contribution in [0.15, 0.2) is 29.8 Å². The minimum absolute atomic E-state index is 0.866. The zero-order valence-corrected chi connectivity index (χ0v) is 13.5. The van der Waals surface area contributed by atoms with Gasteiger partial charge < -0.3 is 9.64 Å². The molecule has 0 saturated carbocycles. The number of benzene rings is 1. The summed E-state index contributed by atoms with van der Waals surface area (Å²) >= 11 is 1.73. The molecule has 0 radical (unpaired) electrons. The Morgan fingerprint density at radius 1 is 1.18 bits per heavy atom. The van der Waals surface area contributed by atoms with Crippen molar-refractivity contribution >= 4 is 16.5 Å². The highest BCUT2D eigenvalue weighted by Gasteiger charge is 2.19. The third-order valence-corrected chi connectivity index (χ3v) is 5.27. The normalized spacial score (nSPS) is 18.8. The van der Waals surface area contributed by atoms with Gasteiger partial charge in [-0.25, -0.2) is 4.98 Å².